The molecule has 0 spiro atoms. The first kappa shape index (κ1) is 27.1. The van der Waals surface area contributed by atoms with Gasteiger partial charge in [-0.1, -0.05) is 46.9 Å². The number of ether oxygens (including phenoxy) is 2. The molecule has 5 rings (SSSR count). The van der Waals surface area contributed by atoms with Crippen LogP contribution in [0.25, 0.3) is 0 Å². The lowest BCUT2D eigenvalue weighted by Crippen LogP contribution is -2.55. The fraction of sp³-hybridized carbons (Fsp3) is 0.423. The number of ketones is 3. The van der Waals surface area contributed by atoms with Gasteiger partial charge in [0.25, 0.3) is 0 Å². The summed E-state index contributed by atoms with van der Waals surface area (Å²) in [6.07, 6.45) is -6.99. The van der Waals surface area contributed by atoms with Crippen molar-refractivity contribution in [1.82, 2.24) is 0 Å². The second-order valence-electron chi connectivity index (χ2n) is 9.80. The zero-order valence-corrected chi connectivity index (χ0v) is 22.2. The van der Waals surface area contributed by atoms with Crippen LogP contribution in [0.2, 0.25) is 0 Å². The van der Waals surface area contributed by atoms with E-state index in [9.17, 15) is 45.0 Å². The van der Waals surface area contributed by atoms with Crippen molar-refractivity contribution < 1.29 is 54.5 Å². The highest BCUT2D eigenvalue weighted by Crippen LogP contribution is 2.52. The van der Waals surface area contributed by atoms with Gasteiger partial charge in [-0.2, -0.15) is 0 Å². The molecule has 0 radical (unpaired) electrons. The van der Waals surface area contributed by atoms with Crippen LogP contribution in [0.1, 0.15) is 62.4 Å². The van der Waals surface area contributed by atoms with Crippen LogP contribution < -0.4 is 0 Å². The Morgan fingerprint density at radius 3 is 2.24 bits per heavy atom. The van der Waals surface area contributed by atoms with E-state index >= 15 is 0 Å². The van der Waals surface area contributed by atoms with Gasteiger partial charge in [0.05, 0.1) is 33.4 Å². The Morgan fingerprint density at radius 2 is 1.66 bits per heavy atom. The second-order valence-corrected chi connectivity index (χ2v) is 11.2. The van der Waals surface area contributed by atoms with Crippen LogP contribution in [0.4, 0.5) is 0 Å². The molecule has 202 valence electrons. The third-order valence-electron chi connectivity index (χ3n) is 7.50. The maximum absolute atomic E-state index is 13.4. The number of phenolic OH excluding ortho intramolecular Hbond substituents is 2. The molecular formula is C26H25IO11. The molecule has 1 fully saturated rings. The number of aromatic hydroxyl groups is 2. The number of hydrogen-bond acceptors (Lipinski definition) is 11. The summed E-state index contributed by atoms with van der Waals surface area (Å²) >= 11 is 1.81. The van der Waals surface area contributed by atoms with Crippen molar-refractivity contribution in [2.75, 3.05) is 6.61 Å². The molecule has 1 aliphatic heterocycles. The fourth-order valence-corrected chi connectivity index (χ4v) is 6.19. The number of benzene rings is 2. The summed E-state index contributed by atoms with van der Waals surface area (Å²) in [5.74, 6) is -3.76. The molecule has 12 heteroatoms. The molecule has 6 N–H and O–H groups in total. The van der Waals surface area contributed by atoms with Gasteiger partial charge in [-0.05, 0) is 6.92 Å². The molecule has 11 nitrogen and oxygen atoms in total. The van der Waals surface area contributed by atoms with Crippen LogP contribution in [0.15, 0.2) is 24.3 Å². The van der Waals surface area contributed by atoms with Crippen molar-refractivity contribution in [2.45, 2.75) is 60.0 Å². The third-order valence-corrected chi connectivity index (χ3v) is 8.83. The second kappa shape index (κ2) is 9.62. The van der Waals surface area contributed by atoms with E-state index in [-0.39, 0.29) is 22.3 Å². The summed E-state index contributed by atoms with van der Waals surface area (Å²) in [7, 11) is 0. The number of aliphatic hydroxyl groups excluding tert-OH is 3. The minimum absolute atomic E-state index is 0.0230. The average Bonchev–Trinajstić information content (AvgIpc) is 2.90. The third kappa shape index (κ3) is 3.97. The van der Waals surface area contributed by atoms with E-state index in [1.54, 1.807) is 12.1 Å². The van der Waals surface area contributed by atoms with Gasteiger partial charge in [0.15, 0.2) is 23.6 Å². The summed E-state index contributed by atoms with van der Waals surface area (Å²) in [5.41, 5.74) is -3.42. The molecule has 0 aromatic heterocycles. The predicted octanol–water partition coefficient (Wildman–Crippen LogP) is 0.440. The summed E-state index contributed by atoms with van der Waals surface area (Å²) in [4.78, 5) is 39.3. The van der Waals surface area contributed by atoms with Crippen molar-refractivity contribution in [1.29, 1.82) is 0 Å². The molecule has 2 aromatic rings. The first-order valence-electron chi connectivity index (χ1n) is 11.9. The average molecular weight is 640 g/mol. The molecule has 0 saturated carbocycles. The van der Waals surface area contributed by atoms with Gasteiger partial charge in [0, 0.05) is 35.1 Å². The molecule has 2 aliphatic carbocycles. The van der Waals surface area contributed by atoms with Crippen LogP contribution in [0.5, 0.6) is 11.5 Å². The minimum Gasteiger partial charge on any atom is -0.507 e. The number of phenols is 2. The zero-order chi connectivity index (χ0) is 27.7. The van der Waals surface area contributed by atoms with Gasteiger partial charge in [-0.15, -0.1) is 0 Å². The SMILES string of the molecule is CC1OC(O[C@H]2C[C@](O)(C(=O)CO)Cc3c(O)c4c(c(O)c32)C(=O)c2ccccc2C4=O)C(I)C(O)C1O. The Bertz CT molecular complexity index is 1360. The van der Waals surface area contributed by atoms with Gasteiger partial charge >= 0.3 is 0 Å². The largest absolute Gasteiger partial charge is 0.507 e. The lowest BCUT2D eigenvalue weighted by molar-refractivity contribution is -0.259. The summed E-state index contributed by atoms with van der Waals surface area (Å²) in [5, 5.41) is 64.0. The molecule has 1 saturated heterocycles. The lowest BCUT2D eigenvalue weighted by Gasteiger charge is -2.43. The molecule has 38 heavy (non-hydrogen) atoms. The van der Waals surface area contributed by atoms with Crippen molar-refractivity contribution >= 4 is 39.9 Å². The number of halogens is 1. The Morgan fingerprint density at radius 1 is 1.08 bits per heavy atom. The predicted molar refractivity (Wildman–Crippen MR) is 136 cm³/mol. The highest BCUT2D eigenvalue weighted by Gasteiger charge is 2.51. The number of rotatable bonds is 4. The highest BCUT2D eigenvalue weighted by molar-refractivity contribution is 14.1. The maximum atomic E-state index is 13.4. The van der Waals surface area contributed by atoms with Crippen molar-refractivity contribution in [2.24, 2.45) is 0 Å². The van der Waals surface area contributed by atoms with Gasteiger partial charge < -0.3 is 40.1 Å². The molecule has 2 aromatic carbocycles. The normalized spacial score (nSPS) is 32.4. The molecule has 0 amide bonds. The van der Waals surface area contributed by atoms with Gasteiger partial charge in [0.1, 0.15) is 29.8 Å². The van der Waals surface area contributed by atoms with E-state index in [1.165, 1.54) is 19.1 Å². The van der Waals surface area contributed by atoms with E-state index in [0.29, 0.717) is 0 Å². The number of Topliss-reactive ketones (excluding diaryl/α,β-unsaturated/α-hetero) is 1. The van der Waals surface area contributed by atoms with Gasteiger partial charge in [-0.3, -0.25) is 14.4 Å². The number of carbonyl (C=O) groups is 3. The molecule has 0 bridgehead atoms. The van der Waals surface area contributed by atoms with E-state index in [4.69, 9.17) is 9.47 Å². The Kier molecular flexibility index (Phi) is 6.87. The topological polar surface area (TPSA) is 191 Å². The Balaban J connectivity index is 1.68. The summed E-state index contributed by atoms with van der Waals surface area (Å²) in [6.45, 7) is 0.479. The summed E-state index contributed by atoms with van der Waals surface area (Å²) in [6, 6.07) is 5.93. The van der Waals surface area contributed by atoms with Crippen molar-refractivity contribution in [3.63, 3.8) is 0 Å². The Hall–Kier alpha value is -2.46. The zero-order valence-electron chi connectivity index (χ0n) is 20.0. The van der Waals surface area contributed by atoms with Crippen molar-refractivity contribution in [3.05, 3.63) is 57.6 Å². The standard InChI is InChI=1S/C26H25IO11/c1-9-19(30)24(35)18(27)25(37-9)38-13-7-26(36,14(29)8-28)6-12-15(13)23(34)17-16(22(12)33)20(31)10-4-2-3-5-11(10)21(17)32/h2-5,9,13,18-19,24-25,28,30,33-36H,6-8H2,1H3/t9?,13-,18?,19?,24?,25?,26-/m0/s1. The molecular weight excluding hydrogens is 615 g/mol. The number of hydrogen-bond donors (Lipinski definition) is 6. The first-order chi connectivity index (χ1) is 17.9. The van der Waals surface area contributed by atoms with E-state index in [2.05, 4.69) is 0 Å². The van der Waals surface area contributed by atoms with Gasteiger partial charge in [-0.25, -0.2) is 0 Å². The molecule has 3 aliphatic rings. The Labute approximate surface area is 229 Å². The van der Waals surface area contributed by atoms with Crippen LogP contribution in [-0.4, -0.2) is 88.7 Å². The van der Waals surface area contributed by atoms with Crippen LogP contribution in [-0.2, 0) is 20.7 Å². The van der Waals surface area contributed by atoms with Crippen LogP contribution in [0, 0.1) is 0 Å². The molecule has 7 atom stereocenters. The van der Waals surface area contributed by atoms with Crippen LogP contribution >= 0.6 is 22.6 Å². The number of carbonyl (C=O) groups excluding carboxylic acids is 3. The van der Waals surface area contributed by atoms with E-state index < -0.39 is 99.7 Å². The first-order valence-corrected chi connectivity index (χ1v) is 13.1. The van der Waals surface area contributed by atoms with Crippen LogP contribution in [0.3, 0.4) is 0 Å². The smallest absolute Gasteiger partial charge is 0.198 e. The van der Waals surface area contributed by atoms with Crippen molar-refractivity contribution in [3.8, 4) is 11.5 Å². The monoisotopic (exact) mass is 640 g/mol. The van der Waals surface area contributed by atoms with Gasteiger partial charge in [0.2, 0.25) is 0 Å². The molecule has 1 heterocycles. The fourth-order valence-electron chi connectivity index (χ4n) is 5.42. The lowest BCUT2D eigenvalue weighted by atomic mass is 9.72. The number of fused-ring (bicyclic) bond motifs is 3. The molecule has 5 unspecified atom stereocenters. The summed E-state index contributed by atoms with van der Waals surface area (Å²) < 4.78 is 10.9. The quantitative estimate of drug-likeness (QED) is 0.132. The number of aliphatic hydroxyl groups is 4. The maximum Gasteiger partial charge on any atom is 0.198 e. The van der Waals surface area contributed by atoms with E-state index in [1.807, 2.05) is 22.6 Å². The van der Waals surface area contributed by atoms with E-state index in [0.717, 1.165) is 0 Å². The highest BCUT2D eigenvalue weighted by atomic mass is 127. The minimum atomic E-state index is -2.26. The number of alkyl halides is 1.